The normalized spacial score (nSPS) is 15.7. The van der Waals surface area contributed by atoms with Crippen LogP contribution in [0.1, 0.15) is 28.1 Å². The molecule has 5 nitrogen and oxygen atoms in total. The molecular weight excluding hydrogens is 370 g/mol. The molecule has 2 aromatic carbocycles. The van der Waals surface area contributed by atoms with E-state index in [-0.39, 0.29) is 11.8 Å². The monoisotopic (exact) mass is 389 g/mol. The van der Waals surface area contributed by atoms with Gasteiger partial charge in [-0.15, -0.1) is 11.3 Å². The molecule has 0 saturated carbocycles. The zero-order valence-electron chi connectivity index (χ0n) is 15.5. The molecule has 4 rings (SSSR count). The second kappa shape index (κ2) is 7.78. The van der Waals surface area contributed by atoms with E-state index in [1.165, 1.54) is 11.3 Å². The number of rotatable bonds is 3. The van der Waals surface area contributed by atoms with E-state index in [0.717, 1.165) is 28.4 Å². The van der Waals surface area contributed by atoms with Gasteiger partial charge in [-0.3, -0.25) is 9.79 Å². The molecule has 1 amide bonds. The number of hydrogen-bond acceptors (Lipinski definition) is 5. The fourth-order valence-electron chi connectivity index (χ4n) is 3.18. The zero-order chi connectivity index (χ0) is 19.5. The fraction of sp³-hybridized carbons (Fsp3) is 0.136. The summed E-state index contributed by atoms with van der Waals surface area (Å²) in [4.78, 5) is 22.9. The number of amides is 1. The highest BCUT2D eigenvalue weighted by Crippen LogP contribution is 2.34. The van der Waals surface area contributed by atoms with Crippen molar-refractivity contribution >= 4 is 40.2 Å². The lowest BCUT2D eigenvalue weighted by Gasteiger charge is -2.19. The van der Waals surface area contributed by atoms with E-state index < -0.39 is 0 Å². The van der Waals surface area contributed by atoms with E-state index in [0.29, 0.717) is 10.7 Å². The summed E-state index contributed by atoms with van der Waals surface area (Å²) in [5, 5.41) is 4.90. The van der Waals surface area contributed by atoms with Gasteiger partial charge in [0.1, 0.15) is 11.6 Å². The summed E-state index contributed by atoms with van der Waals surface area (Å²) in [6.45, 7) is 1.96. The van der Waals surface area contributed by atoms with Gasteiger partial charge in [0.2, 0.25) is 0 Å². The number of para-hydroxylation sites is 2. The van der Waals surface area contributed by atoms with Crippen LogP contribution in [0.25, 0.3) is 0 Å². The average molecular weight is 389 g/mol. The molecule has 1 aliphatic heterocycles. The van der Waals surface area contributed by atoms with Crippen molar-refractivity contribution in [2.24, 2.45) is 9.98 Å². The van der Waals surface area contributed by atoms with Crippen molar-refractivity contribution in [3.8, 4) is 5.75 Å². The Morgan fingerprint density at radius 3 is 2.36 bits per heavy atom. The Kier molecular flexibility index (Phi) is 5.04. The minimum absolute atomic E-state index is 0.167. The number of carbonyl (C=O) groups excluding carboxylic acids is 1. The van der Waals surface area contributed by atoms with Crippen LogP contribution in [0.2, 0.25) is 0 Å². The molecule has 1 N–H and O–H groups in total. The number of aliphatic imine (C=N–C) groups is 2. The van der Waals surface area contributed by atoms with Crippen molar-refractivity contribution in [1.82, 2.24) is 5.32 Å². The van der Waals surface area contributed by atoms with Crippen LogP contribution in [-0.2, 0) is 0 Å². The number of nitrogens with one attached hydrogen (secondary N) is 1. The maximum absolute atomic E-state index is 12.7. The van der Waals surface area contributed by atoms with Crippen LogP contribution in [-0.4, -0.2) is 24.6 Å². The van der Waals surface area contributed by atoms with Gasteiger partial charge in [-0.25, -0.2) is 4.99 Å². The highest BCUT2D eigenvalue weighted by atomic mass is 32.1. The third-order valence-corrected chi connectivity index (χ3v) is 5.41. The highest BCUT2D eigenvalue weighted by molar-refractivity contribution is 7.12. The lowest BCUT2D eigenvalue weighted by Crippen LogP contribution is -2.36. The van der Waals surface area contributed by atoms with Crippen molar-refractivity contribution < 1.29 is 9.53 Å². The zero-order valence-corrected chi connectivity index (χ0v) is 16.4. The number of fused-ring (bicyclic) bond motifs is 1. The van der Waals surface area contributed by atoms with Crippen molar-refractivity contribution in [1.29, 1.82) is 0 Å². The van der Waals surface area contributed by atoms with Crippen molar-refractivity contribution in [2.45, 2.75) is 12.8 Å². The van der Waals surface area contributed by atoms with Crippen LogP contribution in [0, 0.1) is 0 Å². The molecule has 1 atom stereocenters. The molecule has 140 valence electrons. The molecule has 6 heteroatoms. The van der Waals surface area contributed by atoms with E-state index in [4.69, 9.17) is 14.7 Å². The largest absolute Gasteiger partial charge is 0.497 e. The van der Waals surface area contributed by atoms with Gasteiger partial charge in [-0.05, 0) is 48.2 Å². The Balaban J connectivity index is 1.79. The van der Waals surface area contributed by atoms with Gasteiger partial charge in [0.25, 0.3) is 5.91 Å². The first-order valence-corrected chi connectivity index (χ1v) is 9.75. The van der Waals surface area contributed by atoms with E-state index >= 15 is 0 Å². The van der Waals surface area contributed by atoms with Crippen LogP contribution in [0.4, 0.5) is 11.4 Å². The van der Waals surface area contributed by atoms with Crippen LogP contribution in [0.5, 0.6) is 5.75 Å². The second-order valence-corrected chi connectivity index (χ2v) is 7.32. The molecule has 0 unspecified atom stereocenters. The van der Waals surface area contributed by atoms with Crippen molar-refractivity contribution in [3.63, 3.8) is 0 Å². The summed E-state index contributed by atoms with van der Waals surface area (Å²) in [6.07, 6.45) is 0. The summed E-state index contributed by atoms with van der Waals surface area (Å²) in [5.74, 6) is 0.910. The Labute approximate surface area is 167 Å². The Bertz CT molecular complexity index is 1050. The predicted octanol–water partition coefficient (Wildman–Crippen LogP) is 5.11. The highest BCUT2D eigenvalue weighted by Gasteiger charge is 2.27. The molecule has 2 heterocycles. The van der Waals surface area contributed by atoms with Gasteiger partial charge in [-0.1, -0.05) is 30.3 Å². The standard InChI is InChI=1S/C22H19N3O2S/c1-14-20(15-9-11-16(27-2)12-10-15)21(25-22(26)19-8-5-13-28-19)24-18-7-4-3-6-17(18)23-14/h3-13,20H,1-2H3,(H,24,25,26)/t20-/m1/s1. The van der Waals surface area contributed by atoms with Crippen LogP contribution >= 0.6 is 11.3 Å². The Morgan fingerprint density at radius 2 is 1.71 bits per heavy atom. The van der Waals surface area contributed by atoms with Crippen molar-refractivity contribution in [2.75, 3.05) is 7.11 Å². The fourth-order valence-corrected chi connectivity index (χ4v) is 3.80. The van der Waals surface area contributed by atoms with E-state index in [1.807, 2.05) is 66.9 Å². The van der Waals surface area contributed by atoms with Gasteiger partial charge < -0.3 is 10.1 Å². The lowest BCUT2D eigenvalue weighted by atomic mass is 9.93. The molecule has 0 radical (unpaired) electrons. The van der Waals surface area contributed by atoms with Crippen molar-refractivity contribution in [3.05, 3.63) is 76.5 Å². The SMILES string of the molecule is COc1ccc([C@H]2C(C)=Nc3ccccc3N=C2NC(=O)c2cccs2)cc1. The topological polar surface area (TPSA) is 63.1 Å². The number of amidine groups is 1. The summed E-state index contributed by atoms with van der Waals surface area (Å²) >= 11 is 1.40. The smallest absolute Gasteiger partial charge is 0.266 e. The third kappa shape index (κ3) is 3.59. The summed E-state index contributed by atoms with van der Waals surface area (Å²) in [7, 11) is 1.64. The van der Waals surface area contributed by atoms with Crippen LogP contribution in [0.3, 0.4) is 0 Å². The Hall–Kier alpha value is -3.25. The quantitative estimate of drug-likeness (QED) is 0.677. The second-order valence-electron chi connectivity index (χ2n) is 6.38. The lowest BCUT2D eigenvalue weighted by molar-refractivity contribution is 0.0980. The molecular formula is C22H19N3O2S. The first kappa shape index (κ1) is 18.1. The van der Waals surface area contributed by atoms with Gasteiger partial charge >= 0.3 is 0 Å². The molecule has 1 aliphatic rings. The molecule has 28 heavy (non-hydrogen) atoms. The molecule has 0 bridgehead atoms. The van der Waals surface area contributed by atoms with Crippen LogP contribution < -0.4 is 10.1 Å². The van der Waals surface area contributed by atoms with E-state index in [2.05, 4.69) is 5.32 Å². The minimum Gasteiger partial charge on any atom is -0.497 e. The summed E-state index contributed by atoms with van der Waals surface area (Å²) < 4.78 is 5.27. The summed E-state index contributed by atoms with van der Waals surface area (Å²) in [5.41, 5.74) is 3.37. The van der Waals surface area contributed by atoms with Gasteiger partial charge in [0, 0.05) is 5.71 Å². The molecule has 0 fully saturated rings. The van der Waals surface area contributed by atoms with Gasteiger partial charge in [0.15, 0.2) is 0 Å². The molecule has 0 aliphatic carbocycles. The maximum Gasteiger partial charge on any atom is 0.266 e. The van der Waals surface area contributed by atoms with Gasteiger partial charge in [-0.2, -0.15) is 0 Å². The predicted molar refractivity (Wildman–Crippen MR) is 114 cm³/mol. The van der Waals surface area contributed by atoms with E-state index in [9.17, 15) is 4.79 Å². The molecule has 0 spiro atoms. The third-order valence-electron chi connectivity index (χ3n) is 4.55. The Morgan fingerprint density at radius 1 is 1.00 bits per heavy atom. The maximum atomic E-state index is 12.7. The van der Waals surface area contributed by atoms with E-state index in [1.54, 1.807) is 13.2 Å². The molecule has 0 saturated heterocycles. The van der Waals surface area contributed by atoms with Crippen LogP contribution in [0.15, 0.2) is 76.0 Å². The number of carbonyl (C=O) groups is 1. The molecule has 1 aromatic heterocycles. The average Bonchev–Trinajstić information content (AvgIpc) is 3.21. The first-order valence-electron chi connectivity index (χ1n) is 8.87. The minimum atomic E-state index is -0.262. The number of nitrogens with zero attached hydrogens (tertiary/aromatic N) is 2. The number of ether oxygens (including phenoxy) is 1. The number of thiophene rings is 1. The first-order chi connectivity index (χ1) is 13.7. The molecule has 3 aromatic rings. The van der Waals surface area contributed by atoms with Gasteiger partial charge in [0.05, 0.1) is 29.3 Å². The number of benzene rings is 2. The number of hydrogen-bond donors (Lipinski definition) is 1. The summed E-state index contributed by atoms with van der Waals surface area (Å²) in [6, 6.07) is 19.1. The number of methoxy groups -OCH3 is 1.